The number of piperidine rings is 1. The van der Waals surface area contributed by atoms with Crippen molar-refractivity contribution in [3.63, 3.8) is 0 Å². The van der Waals surface area contributed by atoms with Gasteiger partial charge in [0.05, 0.1) is 6.10 Å². The molecule has 0 saturated carbocycles. The van der Waals surface area contributed by atoms with E-state index in [4.69, 9.17) is 4.74 Å². The van der Waals surface area contributed by atoms with Crippen LogP contribution in [0.1, 0.15) is 18.4 Å². The zero-order valence-corrected chi connectivity index (χ0v) is 11.5. The number of rotatable bonds is 5. The number of hydrogen-bond donors (Lipinski definition) is 1. The van der Waals surface area contributed by atoms with Crippen LogP contribution >= 0.6 is 11.3 Å². The predicted molar refractivity (Wildman–Crippen MR) is 72.6 cm³/mol. The standard InChI is InChI=1S/C13H20N2O2S/c1-15(8-11-4-7-18-10-11)13(16)9-17-12-2-5-14-6-3-12/h4,7,10,12,14H,2-3,5-6,8-9H2,1H3. The Hall–Kier alpha value is -0.910. The van der Waals surface area contributed by atoms with Crippen LogP contribution in [0.15, 0.2) is 16.8 Å². The number of nitrogens with zero attached hydrogens (tertiary/aromatic N) is 1. The SMILES string of the molecule is CN(Cc1ccsc1)C(=O)COC1CCNCC1. The Kier molecular flexibility index (Phi) is 5.16. The molecule has 100 valence electrons. The molecule has 1 aromatic rings. The van der Waals surface area contributed by atoms with Crippen molar-refractivity contribution in [3.8, 4) is 0 Å². The fourth-order valence-electron chi connectivity index (χ4n) is 2.01. The molecule has 2 rings (SSSR count). The van der Waals surface area contributed by atoms with Crippen LogP contribution in [0.5, 0.6) is 0 Å². The fourth-order valence-corrected chi connectivity index (χ4v) is 2.67. The summed E-state index contributed by atoms with van der Waals surface area (Å²) in [5, 5.41) is 7.37. The van der Waals surface area contributed by atoms with Gasteiger partial charge in [-0.1, -0.05) is 0 Å². The first-order valence-electron chi connectivity index (χ1n) is 6.33. The number of thiophene rings is 1. The quantitative estimate of drug-likeness (QED) is 0.879. The molecule has 1 N–H and O–H groups in total. The van der Waals surface area contributed by atoms with E-state index in [-0.39, 0.29) is 18.6 Å². The molecule has 2 heterocycles. The summed E-state index contributed by atoms with van der Waals surface area (Å²) in [6.07, 6.45) is 2.24. The van der Waals surface area contributed by atoms with Gasteiger partial charge in [-0.05, 0) is 48.3 Å². The lowest BCUT2D eigenvalue weighted by Crippen LogP contribution is -2.36. The molecule has 1 aromatic heterocycles. The van der Waals surface area contributed by atoms with Gasteiger partial charge in [-0.25, -0.2) is 0 Å². The zero-order chi connectivity index (χ0) is 12.8. The predicted octanol–water partition coefficient (Wildman–Crippen LogP) is 1.48. The van der Waals surface area contributed by atoms with Crippen LogP contribution in [0.3, 0.4) is 0 Å². The van der Waals surface area contributed by atoms with E-state index in [1.165, 1.54) is 5.56 Å². The summed E-state index contributed by atoms with van der Waals surface area (Å²) in [7, 11) is 1.83. The van der Waals surface area contributed by atoms with Gasteiger partial charge < -0.3 is 15.0 Å². The first-order valence-corrected chi connectivity index (χ1v) is 7.27. The summed E-state index contributed by atoms with van der Waals surface area (Å²) in [6.45, 7) is 2.84. The van der Waals surface area contributed by atoms with Crippen LogP contribution in [0.2, 0.25) is 0 Å². The molecule has 0 spiro atoms. The largest absolute Gasteiger partial charge is 0.368 e. The van der Waals surface area contributed by atoms with Crippen LogP contribution in [0, 0.1) is 0 Å². The Morgan fingerprint density at radius 2 is 2.33 bits per heavy atom. The Labute approximate surface area is 112 Å². The van der Waals surface area contributed by atoms with Gasteiger partial charge in [-0.3, -0.25) is 4.79 Å². The fraction of sp³-hybridized carbons (Fsp3) is 0.615. The average molecular weight is 268 g/mol. The maximum atomic E-state index is 11.9. The highest BCUT2D eigenvalue weighted by molar-refractivity contribution is 7.07. The highest BCUT2D eigenvalue weighted by Crippen LogP contribution is 2.10. The van der Waals surface area contributed by atoms with Crippen LogP contribution in [0.4, 0.5) is 0 Å². The molecule has 1 aliphatic rings. The summed E-state index contributed by atoms with van der Waals surface area (Å²) in [5.41, 5.74) is 1.18. The number of nitrogens with one attached hydrogen (secondary N) is 1. The summed E-state index contributed by atoms with van der Waals surface area (Å²) in [4.78, 5) is 13.6. The third kappa shape index (κ3) is 4.08. The van der Waals surface area contributed by atoms with Crippen molar-refractivity contribution in [2.45, 2.75) is 25.5 Å². The normalized spacial score (nSPS) is 16.7. The monoisotopic (exact) mass is 268 g/mol. The smallest absolute Gasteiger partial charge is 0.248 e. The summed E-state index contributed by atoms with van der Waals surface area (Å²) >= 11 is 1.65. The van der Waals surface area contributed by atoms with Crippen molar-refractivity contribution in [1.82, 2.24) is 10.2 Å². The Morgan fingerprint density at radius 3 is 3.00 bits per heavy atom. The van der Waals surface area contributed by atoms with Crippen molar-refractivity contribution < 1.29 is 9.53 Å². The van der Waals surface area contributed by atoms with Gasteiger partial charge in [0.25, 0.3) is 0 Å². The van der Waals surface area contributed by atoms with Crippen molar-refractivity contribution in [2.24, 2.45) is 0 Å². The van der Waals surface area contributed by atoms with E-state index in [0.29, 0.717) is 6.54 Å². The molecule has 0 unspecified atom stereocenters. The second kappa shape index (κ2) is 6.87. The summed E-state index contributed by atoms with van der Waals surface area (Å²) in [5.74, 6) is 0.0553. The molecule has 0 aliphatic carbocycles. The molecule has 1 amide bonds. The van der Waals surface area contributed by atoms with Gasteiger partial charge in [-0.15, -0.1) is 0 Å². The number of carbonyl (C=O) groups is 1. The minimum absolute atomic E-state index is 0.0553. The Morgan fingerprint density at radius 1 is 1.56 bits per heavy atom. The average Bonchev–Trinajstić information content (AvgIpc) is 2.90. The lowest BCUT2D eigenvalue weighted by molar-refractivity contribution is -0.137. The highest BCUT2D eigenvalue weighted by Gasteiger charge is 2.16. The molecular formula is C13H20N2O2S. The van der Waals surface area contributed by atoms with E-state index in [0.717, 1.165) is 25.9 Å². The maximum absolute atomic E-state index is 11.9. The third-order valence-corrected chi connectivity index (χ3v) is 3.89. The van der Waals surface area contributed by atoms with Crippen molar-refractivity contribution in [3.05, 3.63) is 22.4 Å². The molecule has 5 heteroatoms. The van der Waals surface area contributed by atoms with Gasteiger partial charge in [0.1, 0.15) is 6.61 Å². The molecule has 0 bridgehead atoms. The summed E-state index contributed by atoms with van der Waals surface area (Å²) in [6, 6.07) is 2.04. The van der Waals surface area contributed by atoms with E-state index in [2.05, 4.69) is 10.7 Å². The topological polar surface area (TPSA) is 41.6 Å². The minimum Gasteiger partial charge on any atom is -0.368 e. The van der Waals surface area contributed by atoms with Gasteiger partial charge in [0.2, 0.25) is 5.91 Å². The second-order valence-corrected chi connectivity index (χ2v) is 5.42. The third-order valence-electron chi connectivity index (χ3n) is 3.15. The molecular weight excluding hydrogens is 248 g/mol. The van der Waals surface area contributed by atoms with Gasteiger partial charge in [0, 0.05) is 13.6 Å². The molecule has 1 fully saturated rings. The Bertz CT molecular complexity index is 361. The van der Waals surface area contributed by atoms with E-state index < -0.39 is 0 Å². The summed E-state index contributed by atoms with van der Waals surface area (Å²) < 4.78 is 5.66. The number of likely N-dealkylation sites (N-methyl/N-ethyl adjacent to an activating group) is 1. The molecule has 0 atom stereocenters. The van der Waals surface area contributed by atoms with Crippen LogP contribution in [0.25, 0.3) is 0 Å². The molecule has 18 heavy (non-hydrogen) atoms. The van der Waals surface area contributed by atoms with Crippen LogP contribution < -0.4 is 5.32 Å². The first-order chi connectivity index (χ1) is 8.75. The number of carbonyl (C=O) groups excluding carboxylic acids is 1. The molecule has 0 radical (unpaired) electrons. The Balaban J connectivity index is 1.70. The zero-order valence-electron chi connectivity index (χ0n) is 10.7. The van der Waals surface area contributed by atoms with Gasteiger partial charge in [-0.2, -0.15) is 11.3 Å². The number of amides is 1. The number of hydrogen-bond acceptors (Lipinski definition) is 4. The lowest BCUT2D eigenvalue weighted by atomic mass is 10.1. The second-order valence-electron chi connectivity index (χ2n) is 4.64. The maximum Gasteiger partial charge on any atom is 0.248 e. The van der Waals surface area contributed by atoms with Gasteiger partial charge >= 0.3 is 0 Å². The van der Waals surface area contributed by atoms with E-state index in [1.807, 2.05) is 18.5 Å². The number of ether oxygens (including phenoxy) is 1. The molecule has 4 nitrogen and oxygen atoms in total. The van der Waals surface area contributed by atoms with Crippen molar-refractivity contribution in [1.29, 1.82) is 0 Å². The minimum atomic E-state index is 0.0553. The lowest BCUT2D eigenvalue weighted by Gasteiger charge is -2.24. The van der Waals surface area contributed by atoms with E-state index >= 15 is 0 Å². The van der Waals surface area contributed by atoms with Crippen LogP contribution in [-0.2, 0) is 16.1 Å². The van der Waals surface area contributed by atoms with E-state index in [9.17, 15) is 4.79 Å². The molecule has 0 aromatic carbocycles. The van der Waals surface area contributed by atoms with Crippen LogP contribution in [-0.4, -0.2) is 43.7 Å². The molecule has 1 saturated heterocycles. The molecule has 1 aliphatic heterocycles. The van der Waals surface area contributed by atoms with Gasteiger partial charge in [0.15, 0.2) is 0 Å². The van der Waals surface area contributed by atoms with E-state index in [1.54, 1.807) is 16.2 Å². The first kappa shape index (κ1) is 13.5. The van der Waals surface area contributed by atoms with Crippen molar-refractivity contribution in [2.75, 3.05) is 26.7 Å². The van der Waals surface area contributed by atoms with Crippen molar-refractivity contribution >= 4 is 17.2 Å². The highest BCUT2D eigenvalue weighted by atomic mass is 32.1.